The number of nitrogens with zero attached hydrogens (tertiary/aromatic N) is 3. The Bertz CT molecular complexity index is 988. The minimum Gasteiger partial charge on any atom is -0.334 e. The number of amides is 1. The van der Waals surface area contributed by atoms with Crippen molar-refractivity contribution in [3.05, 3.63) is 64.7 Å². The largest absolute Gasteiger partial charge is 0.334 e. The first kappa shape index (κ1) is 16.7. The highest BCUT2D eigenvalue weighted by Crippen LogP contribution is 2.35. The van der Waals surface area contributed by atoms with Crippen molar-refractivity contribution in [1.29, 1.82) is 0 Å². The second kappa shape index (κ2) is 6.53. The first-order valence-electron chi connectivity index (χ1n) is 8.18. The summed E-state index contributed by atoms with van der Waals surface area (Å²) in [5.41, 5.74) is 1.88. The van der Waals surface area contributed by atoms with Gasteiger partial charge in [0.05, 0.1) is 5.56 Å². The molecule has 1 aromatic heterocycles. The van der Waals surface area contributed by atoms with Gasteiger partial charge < -0.3 is 9.42 Å². The summed E-state index contributed by atoms with van der Waals surface area (Å²) in [6.45, 7) is 2.30. The van der Waals surface area contributed by atoms with Crippen molar-refractivity contribution in [2.75, 3.05) is 11.4 Å². The number of hydrogen-bond donors (Lipinski definition) is 0. The Balaban J connectivity index is 1.60. The Kier molecular flexibility index (Phi) is 4.20. The molecule has 1 amide bonds. The van der Waals surface area contributed by atoms with E-state index in [1.807, 2.05) is 19.1 Å². The Morgan fingerprint density at radius 3 is 2.85 bits per heavy atom. The van der Waals surface area contributed by atoms with Gasteiger partial charge in [0.1, 0.15) is 5.82 Å². The molecule has 1 atom stereocenters. The molecule has 0 spiro atoms. The van der Waals surface area contributed by atoms with Crippen LogP contribution in [0.2, 0.25) is 5.02 Å². The van der Waals surface area contributed by atoms with Crippen LogP contribution < -0.4 is 4.90 Å². The lowest BCUT2D eigenvalue weighted by molar-refractivity contribution is -0.117. The Morgan fingerprint density at radius 2 is 2.04 bits per heavy atom. The molecule has 4 rings (SSSR count). The van der Waals surface area contributed by atoms with Gasteiger partial charge in [0.25, 0.3) is 5.89 Å². The van der Waals surface area contributed by atoms with Gasteiger partial charge in [-0.25, -0.2) is 4.39 Å². The minimum absolute atomic E-state index is 0.0300. The van der Waals surface area contributed by atoms with Gasteiger partial charge in [-0.1, -0.05) is 35.0 Å². The molecule has 132 valence electrons. The number of carbonyl (C=O) groups excluding carboxylic acids is 1. The van der Waals surface area contributed by atoms with E-state index in [0.29, 0.717) is 17.4 Å². The van der Waals surface area contributed by atoms with Crippen LogP contribution in [0, 0.1) is 12.7 Å². The van der Waals surface area contributed by atoms with Gasteiger partial charge in [-0.15, -0.1) is 0 Å². The molecule has 7 heteroatoms. The number of aromatic nitrogens is 2. The van der Waals surface area contributed by atoms with Crippen molar-refractivity contribution in [2.45, 2.75) is 19.3 Å². The number of hydrogen-bond acceptors (Lipinski definition) is 4. The lowest BCUT2D eigenvalue weighted by atomic mass is 10.1. The van der Waals surface area contributed by atoms with Gasteiger partial charge in [-0.05, 0) is 36.8 Å². The molecule has 0 saturated carbocycles. The lowest BCUT2D eigenvalue weighted by Crippen LogP contribution is -2.25. The average Bonchev–Trinajstić information content (AvgIpc) is 3.25. The second-order valence-corrected chi connectivity index (χ2v) is 6.63. The van der Waals surface area contributed by atoms with E-state index >= 15 is 0 Å². The molecule has 2 heterocycles. The zero-order valence-electron chi connectivity index (χ0n) is 13.9. The molecule has 1 aliphatic rings. The summed E-state index contributed by atoms with van der Waals surface area (Å²) in [5, 5.41) is 4.57. The number of carbonyl (C=O) groups is 1. The van der Waals surface area contributed by atoms with Crippen LogP contribution in [0.15, 0.2) is 47.0 Å². The van der Waals surface area contributed by atoms with Crippen LogP contribution in [-0.2, 0) is 4.79 Å². The van der Waals surface area contributed by atoms with E-state index in [4.69, 9.17) is 16.1 Å². The summed E-state index contributed by atoms with van der Waals surface area (Å²) in [4.78, 5) is 18.5. The van der Waals surface area contributed by atoms with Crippen molar-refractivity contribution in [3.8, 4) is 11.5 Å². The lowest BCUT2D eigenvalue weighted by Gasteiger charge is -2.19. The number of rotatable bonds is 3. The topological polar surface area (TPSA) is 59.2 Å². The minimum atomic E-state index is -0.429. The first-order chi connectivity index (χ1) is 12.5. The highest BCUT2D eigenvalue weighted by atomic mass is 35.5. The molecule has 1 aliphatic heterocycles. The van der Waals surface area contributed by atoms with Crippen molar-refractivity contribution in [1.82, 2.24) is 10.1 Å². The predicted octanol–water partition coefficient (Wildman–Crippen LogP) is 4.36. The second-order valence-electron chi connectivity index (χ2n) is 6.23. The molecule has 0 bridgehead atoms. The van der Waals surface area contributed by atoms with Gasteiger partial charge in [0.2, 0.25) is 5.91 Å². The zero-order chi connectivity index (χ0) is 18.3. The van der Waals surface area contributed by atoms with Gasteiger partial charge in [0, 0.05) is 29.6 Å². The van der Waals surface area contributed by atoms with E-state index in [1.165, 1.54) is 6.07 Å². The van der Waals surface area contributed by atoms with Gasteiger partial charge in [0.15, 0.2) is 5.82 Å². The molecule has 1 unspecified atom stereocenters. The quantitative estimate of drug-likeness (QED) is 0.686. The third-order valence-corrected chi connectivity index (χ3v) is 4.98. The molecule has 1 fully saturated rings. The van der Waals surface area contributed by atoms with Crippen molar-refractivity contribution < 1.29 is 13.7 Å². The molecule has 0 radical (unpaired) electrons. The molecule has 26 heavy (non-hydrogen) atoms. The summed E-state index contributed by atoms with van der Waals surface area (Å²) in [5.74, 6) is -0.161. The van der Waals surface area contributed by atoms with Crippen LogP contribution >= 0.6 is 11.6 Å². The van der Waals surface area contributed by atoms with E-state index in [0.717, 1.165) is 11.3 Å². The normalized spacial score (nSPS) is 17.1. The highest BCUT2D eigenvalue weighted by molar-refractivity contribution is 6.31. The van der Waals surface area contributed by atoms with E-state index in [9.17, 15) is 9.18 Å². The number of anilines is 1. The van der Waals surface area contributed by atoms with Gasteiger partial charge in [-0.3, -0.25) is 4.79 Å². The summed E-state index contributed by atoms with van der Waals surface area (Å²) < 4.78 is 19.1. The highest BCUT2D eigenvalue weighted by Gasteiger charge is 2.35. The first-order valence-corrected chi connectivity index (χ1v) is 8.56. The summed E-state index contributed by atoms with van der Waals surface area (Å²) in [6, 6.07) is 11.7. The van der Waals surface area contributed by atoms with Crippen LogP contribution in [0.4, 0.5) is 10.1 Å². The van der Waals surface area contributed by atoms with Gasteiger partial charge >= 0.3 is 0 Å². The number of benzene rings is 2. The summed E-state index contributed by atoms with van der Waals surface area (Å²) in [6.07, 6.45) is 0.266. The SMILES string of the molecule is Cc1c(Cl)cccc1N1CC(c2noc(-c3ccccc3F)n2)CC1=O. The molecule has 0 N–H and O–H groups in total. The fourth-order valence-electron chi connectivity index (χ4n) is 3.15. The Morgan fingerprint density at radius 1 is 1.23 bits per heavy atom. The molecular weight excluding hydrogens is 357 g/mol. The third-order valence-electron chi connectivity index (χ3n) is 4.57. The fourth-order valence-corrected chi connectivity index (χ4v) is 3.32. The maximum atomic E-state index is 13.9. The number of halogens is 2. The Hall–Kier alpha value is -2.73. The van der Waals surface area contributed by atoms with E-state index in [-0.39, 0.29) is 29.7 Å². The molecule has 1 saturated heterocycles. The monoisotopic (exact) mass is 371 g/mol. The van der Waals surface area contributed by atoms with E-state index < -0.39 is 5.82 Å². The molecule has 2 aromatic carbocycles. The van der Waals surface area contributed by atoms with Crippen molar-refractivity contribution in [3.63, 3.8) is 0 Å². The maximum Gasteiger partial charge on any atom is 0.260 e. The van der Waals surface area contributed by atoms with E-state index in [2.05, 4.69) is 10.1 Å². The van der Waals surface area contributed by atoms with Crippen LogP contribution in [0.5, 0.6) is 0 Å². The van der Waals surface area contributed by atoms with Crippen LogP contribution in [-0.4, -0.2) is 22.6 Å². The summed E-state index contributed by atoms with van der Waals surface area (Å²) in [7, 11) is 0. The fraction of sp³-hybridized carbons (Fsp3) is 0.211. The zero-order valence-corrected chi connectivity index (χ0v) is 14.7. The standard InChI is InChI=1S/C19H15ClFN3O2/c1-11-14(20)6-4-8-16(11)24-10-12(9-17(24)25)18-22-19(26-23-18)13-5-2-3-7-15(13)21/h2-8,12H,9-10H2,1H3. The third kappa shape index (κ3) is 2.86. The smallest absolute Gasteiger partial charge is 0.260 e. The van der Waals surface area contributed by atoms with Crippen molar-refractivity contribution >= 4 is 23.2 Å². The van der Waals surface area contributed by atoms with Crippen LogP contribution in [0.25, 0.3) is 11.5 Å². The Labute approximate surface area is 154 Å². The van der Waals surface area contributed by atoms with Crippen molar-refractivity contribution in [2.24, 2.45) is 0 Å². The van der Waals surface area contributed by atoms with Gasteiger partial charge in [-0.2, -0.15) is 4.98 Å². The van der Waals surface area contributed by atoms with Crippen LogP contribution in [0.3, 0.4) is 0 Å². The maximum absolute atomic E-state index is 13.9. The summed E-state index contributed by atoms with van der Waals surface area (Å²) >= 11 is 6.17. The average molecular weight is 372 g/mol. The van der Waals surface area contributed by atoms with Crippen LogP contribution in [0.1, 0.15) is 23.7 Å². The molecular formula is C19H15ClFN3O2. The molecule has 3 aromatic rings. The molecule has 0 aliphatic carbocycles. The van der Waals surface area contributed by atoms with E-state index in [1.54, 1.807) is 29.2 Å². The predicted molar refractivity (Wildman–Crippen MR) is 95.6 cm³/mol. The molecule has 5 nitrogen and oxygen atoms in total.